The summed E-state index contributed by atoms with van der Waals surface area (Å²) in [6.45, 7) is 0. The van der Waals surface area contributed by atoms with Crippen LogP contribution in [0.15, 0.2) is 57.6 Å². The molecule has 0 aliphatic heterocycles. The minimum Gasteiger partial charge on any atom is -0.469 e. The molecule has 1 atom stereocenters. The molecule has 0 amide bonds. The molecule has 1 aromatic carbocycles. The van der Waals surface area contributed by atoms with Gasteiger partial charge in [0.15, 0.2) is 0 Å². The average Bonchev–Trinajstić information content (AvgIpc) is 3.04. The Bertz CT molecular complexity index is 595. The molecule has 18 heavy (non-hydrogen) atoms. The Hall–Kier alpha value is -2.04. The lowest BCUT2D eigenvalue weighted by Gasteiger charge is -2.11. The largest absolute Gasteiger partial charge is 0.469 e. The van der Waals surface area contributed by atoms with Crippen LogP contribution in [-0.2, 0) is 6.42 Å². The summed E-state index contributed by atoms with van der Waals surface area (Å²) >= 11 is 0. The van der Waals surface area contributed by atoms with Gasteiger partial charge in [-0.05, 0) is 24.3 Å². The Labute approximate surface area is 104 Å². The van der Waals surface area contributed by atoms with Crippen molar-refractivity contribution in [2.75, 3.05) is 0 Å². The van der Waals surface area contributed by atoms with E-state index in [1.165, 1.54) is 0 Å². The van der Waals surface area contributed by atoms with Gasteiger partial charge in [-0.15, -0.1) is 0 Å². The monoisotopic (exact) mass is 242 g/mol. The molecule has 0 spiro atoms. The molecule has 3 N–H and O–H groups in total. The van der Waals surface area contributed by atoms with E-state index in [1.807, 2.05) is 42.5 Å². The number of nitrogens with one attached hydrogen (secondary N) is 1. The molecule has 92 valence electrons. The SMILES string of the molecule is NNC(Cc1ccco1)c1cc2ccccc2o1. The van der Waals surface area contributed by atoms with Crippen molar-refractivity contribution in [2.45, 2.75) is 12.5 Å². The lowest BCUT2D eigenvalue weighted by atomic mass is 10.1. The third kappa shape index (κ3) is 2.03. The molecule has 4 nitrogen and oxygen atoms in total. The molecule has 0 saturated carbocycles. The Morgan fingerprint density at radius 3 is 2.78 bits per heavy atom. The van der Waals surface area contributed by atoms with Gasteiger partial charge in [0.05, 0.1) is 12.3 Å². The predicted molar refractivity (Wildman–Crippen MR) is 68.7 cm³/mol. The van der Waals surface area contributed by atoms with Crippen molar-refractivity contribution in [3.8, 4) is 0 Å². The molecular weight excluding hydrogens is 228 g/mol. The van der Waals surface area contributed by atoms with Gasteiger partial charge in [0.1, 0.15) is 17.1 Å². The number of hydrogen-bond donors (Lipinski definition) is 2. The van der Waals surface area contributed by atoms with Gasteiger partial charge in [-0.1, -0.05) is 18.2 Å². The quantitative estimate of drug-likeness (QED) is 0.545. The molecule has 0 aliphatic rings. The topological polar surface area (TPSA) is 64.3 Å². The molecule has 4 heteroatoms. The number of hydrazine groups is 1. The first-order chi connectivity index (χ1) is 8.86. The van der Waals surface area contributed by atoms with Crippen LogP contribution in [0.3, 0.4) is 0 Å². The second kappa shape index (κ2) is 4.68. The Morgan fingerprint density at radius 1 is 1.17 bits per heavy atom. The van der Waals surface area contributed by atoms with Crippen LogP contribution in [0.2, 0.25) is 0 Å². The average molecular weight is 242 g/mol. The summed E-state index contributed by atoms with van der Waals surface area (Å²) < 4.78 is 11.1. The summed E-state index contributed by atoms with van der Waals surface area (Å²) in [5.74, 6) is 7.28. The summed E-state index contributed by atoms with van der Waals surface area (Å²) in [6, 6.07) is 13.6. The molecule has 0 aliphatic carbocycles. The zero-order chi connectivity index (χ0) is 12.4. The van der Waals surface area contributed by atoms with Crippen molar-refractivity contribution < 1.29 is 8.83 Å². The minimum atomic E-state index is -0.0939. The second-order valence-corrected chi connectivity index (χ2v) is 4.19. The first-order valence-electron chi connectivity index (χ1n) is 5.84. The van der Waals surface area contributed by atoms with E-state index < -0.39 is 0 Å². The predicted octanol–water partition coefficient (Wildman–Crippen LogP) is 2.77. The van der Waals surface area contributed by atoms with E-state index in [9.17, 15) is 0 Å². The third-order valence-corrected chi connectivity index (χ3v) is 2.97. The Balaban J connectivity index is 1.90. The van der Waals surface area contributed by atoms with Crippen LogP contribution in [-0.4, -0.2) is 0 Å². The Kier molecular flexibility index (Phi) is 2.88. The van der Waals surface area contributed by atoms with E-state index in [2.05, 4.69) is 5.43 Å². The summed E-state index contributed by atoms with van der Waals surface area (Å²) in [4.78, 5) is 0. The van der Waals surface area contributed by atoms with Crippen LogP contribution >= 0.6 is 0 Å². The maximum absolute atomic E-state index is 5.79. The molecule has 0 radical (unpaired) electrons. The first-order valence-corrected chi connectivity index (χ1v) is 5.84. The molecule has 2 aromatic heterocycles. The van der Waals surface area contributed by atoms with E-state index in [1.54, 1.807) is 6.26 Å². The molecule has 2 heterocycles. The normalized spacial score (nSPS) is 12.9. The van der Waals surface area contributed by atoms with Gasteiger partial charge in [-0.25, -0.2) is 5.43 Å². The number of benzene rings is 1. The third-order valence-electron chi connectivity index (χ3n) is 2.97. The second-order valence-electron chi connectivity index (χ2n) is 4.19. The minimum absolute atomic E-state index is 0.0939. The number of hydrogen-bond acceptors (Lipinski definition) is 4. The first kappa shape index (κ1) is 11.1. The Morgan fingerprint density at radius 2 is 2.06 bits per heavy atom. The van der Waals surface area contributed by atoms with Crippen LogP contribution in [0.25, 0.3) is 11.0 Å². The number of rotatable bonds is 4. The van der Waals surface area contributed by atoms with Crippen LogP contribution in [0, 0.1) is 0 Å². The van der Waals surface area contributed by atoms with E-state index in [0.29, 0.717) is 6.42 Å². The number of fused-ring (bicyclic) bond motifs is 1. The highest BCUT2D eigenvalue weighted by Crippen LogP contribution is 2.25. The van der Waals surface area contributed by atoms with Gasteiger partial charge >= 0.3 is 0 Å². The summed E-state index contributed by atoms with van der Waals surface area (Å²) in [5.41, 5.74) is 3.63. The van der Waals surface area contributed by atoms with E-state index in [4.69, 9.17) is 14.7 Å². The summed E-state index contributed by atoms with van der Waals surface area (Å²) in [5, 5.41) is 1.08. The standard InChI is InChI=1S/C14H14N2O2/c15-16-12(9-11-5-3-7-17-11)14-8-10-4-1-2-6-13(10)18-14/h1-8,12,16H,9,15H2. The van der Waals surface area contributed by atoms with Crippen LogP contribution in [0.5, 0.6) is 0 Å². The maximum atomic E-state index is 5.79. The van der Waals surface area contributed by atoms with Crippen molar-refractivity contribution in [1.82, 2.24) is 5.43 Å². The molecular formula is C14H14N2O2. The van der Waals surface area contributed by atoms with Crippen molar-refractivity contribution >= 4 is 11.0 Å². The van der Waals surface area contributed by atoms with Crippen molar-refractivity contribution in [1.29, 1.82) is 0 Å². The highest BCUT2D eigenvalue weighted by atomic mass is 16.3. The van der Waals surface area contributed by atoms with E-state index in [-0.39, 0.29) is 6.04 Å². The lowest BCUT2D eigenvalue weighted by Crippen LogP contribution is -2.29. The smallest absolute Gasteiger partial charge is 0.134 e. The van der Waals surface area contributed by atoms with E-state index >= 15 is 0 Å². The fourth-order valence-electron chi connectivity index (χ4n) is 2.05. The fraction of sp³-hybridized carbons (Fsp3) is 0.143. The number of furan rings is 2. The van der Waals surface area contributed by atoms with Gasteiger partial charge in [-0.2, -0.15) is 0 Å². The molecule has 0 fully saturated rings. The van der Waals surface area contributed by atoms with Crippen molar-refractivity contribution in [2.24, 2.45) is 5.84 Å². The molecule has 3 aromatic rings. The van der Waals surface area contributed by atoms with Crippen LogP contribution < -0.4 is 11.3 Å². The van der Waals surface area contributed by atoms with Crippen LogP contribution in [0.4, 0.5) is 0 Å². The molecule has 3 rings (SSSR count). The maximum Gasteiger partial charge on any atom is 0.134 e. The van der Waals surface area contributed by atoms with Gasteiger partial charge < -0.3 is 8.83 Å². The highest BCUT2D eigenvalue weighted by molar-refractivity contribution is 5.77. The van der Waals surface area contributed by atoms with E-state index in [0.717, 1.165) is 22.5 Å². The zero-order valence-electron chi connectivity index (χ0n) is 9.80. The highest BCUT2D eigenvalue weighted by Gasteiger charge is 2.16. The van der Waals surface area contributed by atoms with Crippen molar-refractivity contribution in [3.63, 3.8) is 0 Å². The zero-order valence-corrected chi connectivity index (χ0v) is 9.80. The van der Waals surface area contributed by atoms with Gasteiger partial charge in [0, 0.05) is 11.8 Å². The lowest BCUT2D eigenvalue weighted by molar-refractivity contribution is 0.401. The molecule has 0 bridgehead atoms. The van der Waals surface area contributed by atoms with Crippen molar-refractivity contribution in [3.05, 3.63) is 60.2 Å². The number of nitrogens with two attached hydrogens (primary N) is 1. The molecule has 0 saturated heterocycles. The summed E-state index contributed by atoms with van der Waals surface area (Å²) in [6.07, 6.45) is 2.31. The number of para-hydroxylation sites is 1. The van der Waals surface area contributed by atoms with Gasteiger partial charge in [-0.3, -0.25) is 5.84 Å². The molecule has 1 unspecified atom stereocenters. The van der Waals surface area contributed by atoms with Crippen LogP contribution in [0.1, 0.15) is 17.6 Å². The van der Waals surface area contributed by atoms with Gasteiger partial charge in [0.2, 0.25) is 0 Å². The van der Waals surface area contributed by atoms with Gasteiger partial charge in [0.25, 0.3) is 0 Å². The fourth-order valence-corrected chi connectivity index (χ4v) is 2.05. The summed E-state index contributed by atoms with van der Waals surface area (Å²) in [7, 11) is 0.